The molecule has 0 heterocycles. The largest absolute Gasteiger partial charge is 0.480 e. The lowest BCUT2D eigenvalue weighted by Gasteiger charge is -2.29. The predicted octanol–water partition coefficient (Wildman–Crippen LogP) is 2.08. The van der Waals surface area contributed by atoms with Gasteiger partial charge in [-0.05, 0) is 31.0 Å². The quantitative estimate of drug-likeness (QED) is 0.635. The van der Waals surface area contributed by atoms with Gasteiger partial charge in [0.2, 0.25) is 0 Å². The van der Waals surface area contributed by atoms with Gasteiger partial charge in [-0.2, -0.15) is 0 Å². The zero-order valence-corrected chi connectivity index (χ0v) is 12.8. The summed E-state index contributed by atoms with van der Waals surface area (Å²) in [6, 6.07) is 5.49. The molecule has 0 saturated heterocycles. The van der Waals surface area contributed by atoms with E-state index in [4.69, 9.17) is 5.73 Å². The number of carboxylic acids is 1. The van der Waals surface area contributed by atoms with Crippen LogP contribution in [0.3, 0.4) is 0 Å². The fourth-order valence-electron chi connectivity index (χ4n) is 2.89. The van der Waals surface area contributed by atoms with Crippen LogP contribution in [0.5, 0.6) is 0 Å². The average Bonchev–Trinajstić information content (AvgIpc) is 2.73. The van der Waals surface area contributed by atoms with Gasteiger partial charge in [0.05, 0.1) is 0 Å². The zero-order valence-electron chi connectivity index (χ0n) is 12.8. The van der Waals surface area contributed by atoms with Crippen LogP contribution in [-0.4, -0.2) is 28.6 Å². The molecular weight excluding hydrogens is 298 g/mol. The highest BCUT2D eigenvalue weighted by Crippen LogP contribution is 2.28. The van der Waals surface area contributed by atoms with Crippen LogP contribution in [-0.2, 0) is 4.79 Å². The number of primary amides is 1. The second kappa shape index (κ2) is 7.13. The normalized spacial score (nSPS) is 16.9. The van der Waals surface area contributed by atoms with Gasteiger partial charge in [0.15, 0.2) is 0 Å². The standard InChI is InChI=1S/C16H21N3O4/c17-15(23)18-12-7-5-6-11(10-12)13(20)19-16(14(21)22)8-3-1-2-4-9-16/h5-7,10H,1-4,8-9H2,(H,19,20)(H,21,22)(H3,17,18,23). The zero-order chi connectivity index (χ0) is 16.9. The number of carbonyl (C=O) groups is 3. The van der Waals surface area contributed by atoms with Crippen LogP contribution >= 0.6 is 0 Å². The lowest BCUT2D eigenvalue weighted by molar-refractivity contribution is -0.145. The van der Waals surface area contributed by atoms with Crippen molar-refractivity contribution in [3.63, 3.8) is 0 Å². The predicted molar refractivity (Wildman–Crippen MR) is 85.2 cm³/mol. The monoisotopic (exact) mass is 319 g/mol. The third kappa shape index (κ3) is 4.21. The number of urea groups is 1. The van der Waals surface area contributed by atoms with Crippen LogP contribution in [0.1, 0.15) is 48.9 Å². The molecule has 3 amide bonds. The highest BCUT2D eigenvalue weighted by atomic mass is 16.4. The van der Waals surface area contributed by atoms with Crippen LogP contribution in [0.25, 0.3) is 0 Å². The fourth-order valence-corrected chi connectivity index (χ4v) is 2.89. The number of hydrogen-bond acceptors (Lipinski definition) is 3. The molecule has 0 atom stereocenters. The number of nitrogens with two attached hydrogens (primary N) is 1. The number of nitrogens with one attached hydrogen (secondary N) is 2. The highest BCUT2D eigenvalue weighted by molar-refractivity contribution is 5.99. The number of rotatable bonds is 4. The van der Waals surface area contributed by atoms with Crippen LogP contribution in [0, 0.1) is 0 Å². The maximum atomic E-state index is 12.5. The van der Waals surface area contributed by atoms with E-state index in [-0.39, 0.29) is 5.56 Å². The first-order valence-electron chi connectivity index (χ1n) is 7.65. The third-order valence-corrected chi connectivity index (χ3v) is 4.11. The van der Waals surface area contributed by atoms with Crippen LogP contribution in [0.2, 0.25) is 0 Å². The van der Waals surface area contributed by atoms with Gasteiger partial charge in [0.25, 0.3) is 5.91 Å². The lowest BCUT2D eigenvalue weighted by atomic mass is 9.90. The summed E-state index contributed by atoms with van der Waals surface area (Å²) >= 11 is 0. The molecule has 7 heteroatoms. The SMILES string of the molecule is NC(=O)Nc1cccc(C(=O)NC2(C(=O)O)CCCCCC2)c1. The van der Waals surface area contributed by atoms with Crippen molar-refractivity contribution in [2.75, 3.05) is 5.32 Å². The van der Waals surface area contributed by atoms with Gasteiger partial charge in [-0.1, -0.05) is 31.7 Å². The first-order valence-corrected chi connectivity index (χ1v) is 7.65. The molecule has 23 heavy (non-hydrogen) atoms. The van der Waals surface area contributed by atoms with Gasteiger partial charge in [0, 0.05) is 11.3 Å². The number of carboxylic acid groups (broad SMARTS) is 1. The first kappa shape index (κ1) is 16.8. The molecule has 0 radical (unpaired) electrons. The highest BCUT2D eigenvalue weighted by Gasteiger charge is 2.40. The average molecular weight is 319 g/mol. The van der Waals surface area contributed by atoms with E-state index in [1.165, 1.54) is 6.07 Å². The van der Waals surface area contributed by atoms with Crippen LogP contribution < -0.4 is 16.4 Å². The van der Waals surface area contributed by atoms with Gasteiger partial charge >= 0.3 is 12.0 Å². The van der Waals surface area contributed by atoms with Crippen molar-refractivity contribution in [2.24, 2.45) is 5.73 Å². The number of amides is 3. The molecular formula is C16H21N3O4. The Balaban J connectivity index is 2.18. The van der Waals surface area contributed by atoms with Crippen molar-refractivity contribution < 1.29 is 19.5 Å². The molecule has 1 aliphatic carbocycles. The molecule has 1 fully saturated rings. The van der Waals surface area contributed by atoms with E-state index in [0.29, 0.717) is 18.5 Å². The molecule has 1 aliphatic rings. The molecule has 2 rings (SSSR count). The topological polar surface area (TPSA) is 122 Å². The Morgan fingerprint density at radius 1 is 1.09 bits per heavy atom. The van der Waals surface area contributed by atoms with Gasteiger partial charge in [-0.25, -0.2) is 9.59 Å². The van der Waals surface area contributed by atoms with Crippen LogP contribution in [0.4, 0.5) is 10.5 Å². The first-order chi connectivity index (χ1) is 10.9. The van der Waals surface area contributed by atoms with E-state index < -0.39 is 23.4 Å². The summed E-state index contributed by atoms with van der Waals surface area (Å²) in [5, 5.41) is 14.7. The molecule has 1 aromatic rings. The number of aliphatic carboxylic acids is 1. The van der Waals surface area contributed by atoms with Crippen molar-refractivity contribution in [1.82, 2.24) is 5.32 Å². The minimum atomic E-state index is -1.22. The Hall–Kier alpha value is -2.57. The van der Waals surface area contributed by atoms with Crippen molar-refractivity contribution in [2.45, 2.75) is 44.1 Å². The fraction of sp³-hybridized carbons (Fsp3) is 0.438. The molecule has 0 bridgehead atoms. The molecule has 1 saturated carbocycles. The molecule has 124 valence electrons. The Kier molecular flexibility index (Phi) is 5.20. The molecule has 0 aliphatic heterocycles. The Labute approximate surface area is 134 Å². The summed E-state index contributed by atoms with van der Waals surface area (Å²) < 4.78 is 0. The smallest absolute Gasteiger partial charge is 0.329 e. The van der Waals surface area contributed by atoms with Crippen molar-refractivity contribution in [3.05, 3.63) is 29.8 Å². The molecule has 5 N–H and O–H groups in total. The number of benzene rings is 1. The van der Waals surface area contributed by atoms with E-state index >= 15 is 0 Å². The molecule has 0 aromatic heterocycles. The second-order valence-electron chi connectivity index (χ2n) is 5.83. The summed E-state index contributed by atoms with van der Waals surface area (Å²) in [4.78, 5) is 35.1. The van der Waals surface area contributed by atoms with Gasteiger partial charge in [-0.3, -0.25) is 4.79 Å². The number of hydrogen-bond donors (Lipinski definition) is 4. The summed E-state index contributed by atoms with van der Waals surface area (Å²) in [7, 11) is 0. The van der Waals surface area contributed by atoms with E-state index in [1.54, 1.807) is 18.2 Å². The number of carbonyl (C=O) groups excluding carboxylic acids is 2. The second-order valence-corrected chi connectivity index (χ2v) is 5.83. The maximum Gasteiger partial charge on any atom is 0.329 e. The van der Waals surface area contributed by atoms with Gasteiger partial charge in [0.1, 0.15) is 5.54 Å². The lowest BCUT2D eigenvalue weighted by Crippen LogP contribution is -2.54. The summed E-state index contributed by atoms with van der Waals surface area (Å²) in [6.45, 7) is 0. The third-order valence-electron chi connectivity index (χ3n) is 4.11. The van der Waals surface area contributed by atoms with Gasteiger partial charge < -0.3 is 21.5 Å². The summed E-state index contributed by atoms with van der Waals surface area (Å²) in [6.07, 6.45) is 4.35. The minimum Gasteiger partial charge on any atom is -0.480 e. The van der Waals surface area contributed by atoms with Crippen LogP contribution in [0.15, 0.2) is 24.3 Å². The van der Waals surface area contributed by atoms with Crippen molar-refractivity contribution in [1.29, 1.82) is 0 Å². The maximum absolute atomic E-state index is 12.5. The van der Waals surface area contributed by atoms with E-state index in [0.717, 1.165) is 25.7 Å². The van der Waals surface area contributed by atoms with Crippen molar-refractivity contribution >= 4 is 23.6 Å². The molecule has 1 aromatic carbocycles. The summed E-state index contributed by atoms with van der Waals surface area (Å²) in [5.74, 6) is -1.47. The number of anilines is 1. The van der Waals surface area contributed by atoms with E-state index in [1.807, 2.05) is 0 Å². The molecule has 0 spiro atoms. The van der Waals surface area contributed by atoms with Gasteiger partial charge in [-0.15, -0.1) is 0 Å². The molecule has 7 nitrogen and oxygen atoms in total. The van der Waals surface area contributed by atoms with Crippen molar-refractivity contribution in [3.8, 4) is 0 Å². The Morgan fingerprint density at radius 2 is 1.74 bits per heavy atom. The van der Waals surface area contributed by atoms with E-state index in [9.17, 15) is 19.5 Å². The van der Waals surface area contributed by atoms with E-state index in [2.05, 4.69) is 10.6 Å². The minimum absolute atomic E-state index is 0.279. The molecule has 0 unspecified atom stereocenters. The Morgan fingerprint density at radius 3 is 2.30 bits per heavy atom. The Bertz CT molecular complexity index is 607. The summed E-state index contributed by atoms with van der Waals surface area (Å²) in [5.41, 5.74) is 4.49.